The number of aliphatic hydroxyl groups is 1. The molecule has 0 radical (unpaired) electrons. The summed E-state index contributed by atoms with van der Waals surface area (Å²) < 4.78 is 1.88. The van der Waals surface area contributed by atoms with Gasteiger partial charge in [0.15, 0.2) is 0 Å². The standard InChI is InChI=1S/C16H15ClN2O/c1-10-3-4-13(11(2)7-10)16-14(9-20)19-6-5-12(17)8-15(19)18-16/h3-8,20H,9H2,1-2H3. The second-order valence-corrected chi connectivity index (χ2v) is 5.39. The summed E-state index contributed by atoms with van der Waals surface area (Å²) in [6.45, 7) is 4.05. The molecule has 4 heteroatoms. The number of imidazole rings is 1. The predicted octanol–water partition coefficient (Wildman–Crippen LogP) is 3.76. The van der Waals surface area contributed by atoms with E-state index in [0.29, 0.717) is 5.02 Å². The Labute approximate surface area is 122 Å². The van der Waals surface area contributed by atoms with Gasteiger partial charge in [0.2, 0.25) is 0 Å². The van der Waals surface area contributed by atoms with Crippen LogP contribution in [0.15, 0.2) is 36.5 Å². The van der Waals surface area contributed by atoms with E-state index in [4.69, 9.17) is 11.6 Å². The highest BCUT2D eigenvalue weighted by Gasteiger charge is 2.15. The molecule has 0 aliphatic carbocycles. The van der Waals surface area contributed by atoms with Crippen molar-refractivity contribution in [2.24, 2.45) is 0 Å². The summed E-state index contributed by atoms with van der Waals surface area (Å²) in [5, 5.41) is 10.3. The lowest BCUT2D eigenvalue weighted by molar-refractivity contribution is 0.276. The van der Waals surface area contributed by atoms with Gasteiger partial charge in [-0.2, -0.15) is 0 Å². The molecule has 0 amide bonds. The summed E-state index contributed by atoms with van der Waals surface area (Å²) in [5.41, 5.74) is 5.74. The number of aryl methyl sites for hydroxylation is 2. The Morgan fingerprint density at radius 3 is 2.70 bits per heavy atom. The van der Waals surface area contributed by atoms with Gasteiger partial charge in [0.05, 0.1) is 18.0 Å². The Kier molecular flexibility index (Phi) is 3.24. The van der Waals surface area contributed by atoms with Crippen LogP contribution in [0, 0.1) is 13.8 Å². The van der Waals surface area contributed by atoms with Crippen molar-refractivity contribution in [3.8, 4) is 11.3 Å². The number of aliphatic hydroxyl groups excluding tert-OH is 1. The monoisotopic (exact) mass is 286 g/mol. The van der Waals surface area contributed by atoms with Gasteiger partial charge in [0, 0.05) is 22.8 Å². The molecule has 3 aromatic rings. The quantitative estimate of drug-likeness (QED) is 0.779. The molecule has 2 heterocycles. The minimum atomic E-state index is -0.0640. The highest BCUT2D eigenvalue weighted by molar-refractivity contribution is 6.30. The summed E-state index contributed by atoms with van der Waals surface area (Å²) in [6.07, 6.45) is 1.84. The Morgan fingerprint density at radius 1 is 1.20 bits per heavy atom. The van der Waals surface area contributed by atoms with Gasteiger partial charge in [0.1, 0.15) is 5.65 Å². The van der Waals surface area contributed by atoms with Crippen LogP contribution in [-0.2, 0) is 6.61 Å². The number of fused-ring (bicyclic) bond motifs is 1. The van der Waals surface area contributed by atoms with Crippen molar-refractivity contribution in [2.75, 3.05) is 0 Å². The number of nitrogens with zero attached hydrogens (tertiary/aromatic N) is 2. The van der Waals surface area contributed by atoms with Crippen LogP contribution in [-0.4, -0.2) is 14.5 Å². The maximum absolute atomic E-state index is 9.69. The number of hydrogen-bond donors (Lipinski definition) is 1. The molecule has 0 saturated carbocycles. The SMILES string of the molecule is Cc1ccc(-c2nc3cc(Cl)ccn3c2CO)c(C)c1. The predicted molar refractivity (Wildman–Crippen MR) is 81.0 cm³/mol. The largest absolute Gasteiger partial charge is 0.390 e. The summed E-state index contributed by atoms with van der Waals surface area (Å²) in [5.74, 6) is 0. The number of aromatic nitrogens is 2. The molecule has 1 N–H and O–H groups in total. The number of pyridine rings is 1. The topological polar surface area (TPSA) is 37.5 Å². The third kappa shape index (κ3) is 2.09. The Hall–Kier alpha value is -1.84. The van der Waals surface area contributed by atoms with E-state index in [1.165, 1.54) is 5.56 Å². The molecular weight excluding hydrogens is 272 g/mol. The van der Waals surface area contributed by atoms with E-state index in [1.54, 1.807) is 12.1 Å². The van der Waals surface area contributed by atoms with Crippen molar-refractivity contribution in [2.45, 2.75) is 20.5 Å². The van der Waals surface area contributed by atoms with Gasteiger partial charge in [-0.15, -0.1) is 0 Å². The van der Waals surface area contributed by atoms with E-state index in [2.05, 4.69) is 31.0 Å². The van der Waals surface area contributed by atoms with Crippen molar-refractivity contribution in [1.82, 2.24) is 9.38 Å². The van der Waals surface area contributed by atoms with Gasteiger partial charge in [0.25, 0.3) is 0 Å². The van der Waals surface area contributed by atoms with Gasteiger partial charge in [-0.1, -0.05) is 35.4 Å². The minimum Gasteiger partial charge on any atom is -0.390 e. The number of hydrogen-bond acceptors (Lipinski definition) is 2. The Bertz CT molecular complexity index is 793. The van der Waals surface area contributed by atoms with Crippen LogP contribution in [0.1, 0.15) is 16.8 Å². The van der Waals surface area contributed by atoms with Crippen molar-refractivity contribution in [3.05, 3.63) is 58.4 Å². The zero-order valence-electron chi connectivity index (χ0n) is 11.4. The fraction of sp³-hybridized carbons (Fsp3) is 0.188. The van der Waals surface area contributed by atoms with E-state index in [-0.39, 0.29) is 6.61 Å². The molecule has 20 heavy (non-hydrogen) atoms. The van der Waals surface area contributed by atoms with Crippen molar-refractivity contribution < 1.29 is 5.11 Å². The summed E-state index contributed by atoms with van der Waals surface area (Å²) >= 11 is 6.01. The first kappa shape index (κ1) is 13.2. The molecular formula is C16H15ClN2O. The van der Waals surface area contributed by atoms with Crippen LogP contribution in [0.3, 0.4) is 0 Å². The molecule has 0 unspecified atom stereocenters. The molecule has 2 aromatic heterocycles. The molecule has 102 valence electrons. The van der Waals surface area contributed by atoms with Crippen LogP contribution in [0.2, 0.25) is 5.02 Å². The lowest BCUT2D eigenvalue weighted by atomic mass is 10.0. The second kappa shape index (κ2) is 4.93. The lowest BCUT2D eigenvalue weighted by Gasteiger charge is -2.06. The normalized spacial score (nSPS) is 11.2. The maximum atomic E-state index is 9.69. The van der Waals surface area contributed by atoms with Gasteiger partial charge in [-0.3, -0.25) is 0 Å². The van der Waals surface area contributed by atoms with E-state index < -0.39 is 0 Å². The van der Waals surface area contributed by atoms with E-state index in [0.717, 1.165) is 28.2 Å². The number of benzene rings is 1. The van der Waals surface area contributed by atoms with Crippen molar-refractivity contribution in [1.29, 1.82) is 0 Å². The molecule has 3 nitrogen and oxygen atoms in total. The summed E-state index contributed by atoms with van der Waals surface area (Å²) in [4.78, 5) is 4.62. The van der Waals surface area contributed by atoms with E-state index >= 15 is 0 Å². The lowest BCUT2D eigenvalue weighted by Crippen LogP contribution is -1.95. The smallest absolute Gasteiger partial charge is 0.139 e. The third-order valence-electron chi connectivity index (χ3n) is 3.47. The fourth-order valence-electron chi connectivity index (χ4n) is 2.52. The zero-order valence-corrected chi connectivity index (χ0v) is 12.1. The minimum absolute atomic E-state index is 0.0640. The average Bonchev–Trinajstić information content (AvgIpc) is 2.75. The zero-order chi connectivity index (χ0) is 14.3. The summed E-state index contributed by atoms with van der Waals surface area (Å²) in [6, 6.07) is 9.82. The molecule has 1 aromatic carbocycles. The van der Waals surface area contributed by atoms with Gasteiger partial charge >= 0.3 is 0 Å². The Balaban J connectivity index is 2.30. The van der Waals surface area contributed by atoms with Crippen molar-refractivity contribution in [3.63, 3.8) is 0 Å². The third-order valence-corrected chi connectivity index (χ3v) is 3.71. The highest BCUT2D eigenvalue weighted by Crippen LogP contribution is 2.28. The first-order chi connectivity index (χ1) is 9.60. The van der Waals surface area contributed by atoms with E-state index in [9.17, 15) is 5.11 Å². The second-order valence-electron chi connectivity index (χ2n) is 4.96. The van der Waals surface area contributed by atoms with Gasteiger partial charge < -0.3 is 9.51 Å². The molecule has 0 bridgehead atoms. The molecule has 0 saturated heterocycles. The molecule has 0 aliphatic rings. The highest BCUT2D eigenvalue weighted by atomic mass is 35.5. The Morgan fingerprint density at radius 2 is 2.00 bits per heavy atom. The van der Waals surface area contributed by atoms with E-state index in [1.807, 2.05) is 16.7 Å². The van der Waals surface area contributed by atoms with Gasteiger partial charge in [-0.05, 0) is 25.5 Å². The first-order valence-electron chi connectivity index (χ1n) is 6.45. The average molecular weight is 287 g/mol. The maximum Gasteiger partial charge on any atom is 0.139 e. The molecule has 0 fully saturated rings. The van der Waals surface area contributed by atoms with Crippen LogP contribution in [0.4, 0.5) is 0 Å². The van der Waals surface area contributed by atoms with Crippen LogP contribution in [0.5, 0.6) is 0 Å². The fourth-order valence-corrected chi connectivity index (χ4v) is 2.67. The first-order valence-corrected chi connectivity index (χ1v) is 6.83. The summed E-state index contributed by atoms with van der Waals surface area (Å²) in [7, 11) is 0. The molecule has 3 rings (SSSR count). The van der Waals surface area contributed by atoms with Crippen LogP contribution in [0.25, 0.3) is 16.9 Å². The van der Waals surface area contributed by atoms with Gasteiger partial charge in [-0.25, -0.2) is 4.98 Å². The van der Waals surface area contributed by atoms with Crippen LogP contribution >= 0.6 is 11.6 Å². The molecule has 0 aliphatic heterocycles. The molecule has 0 spiro atoms. The molecule has 0 atom stereocenters. The number of rotatable bonds is 2. The van der Waals surface area contributed by atoms with Crippen LogP contribution < -0.4 is 0 Å². The number of halogens is 1. The van der Waals surface area contributed by atoms with Crippen molar-refractivity contribution >= 4 is 17.2 Å².